The molecular formula is C17H15Cl3N2O4. The Labute approximate surface area is 165 Å². The molecule has 26 heavy (non-hydrogen) atoms. The zero-order valence-corrected chi connectivity index (χ0v) is 16.1. The van der Waals surface area contributed by atoms with Crippen LogP contribution in [0.3, 0.4) is 0 Å². The normalized spacial score (nSPS) is 11.2. The van der Waals surface area contributed by atoms with Crippen molar-refractivity contribution in [2.45, 2.75) is 6.92 Å². The van der Waals surface area contributed by atoms with Gasteiger partial charge in [0, 0.05) is 11.6 Å². The fourth-order valence-electron chi connectivity index (χ4n) is 1.90. The zero-order valence-electron chi connectivity index (χ0n) is 13.8. The molecule has 0 radical (unpaired) electrons. The molecule has 0 aromatic heterocycles. The van der Waals surface area contributed by atoms with Crippen LogP contribution in [-0.2, 0) is 4.79 Å². The molecule has 1 amide bonds. The molecule has 0 bridgehead atoms. The predicted octanol–water partition coefficient (Wildman–Crippen LogP) is 4.28. The van der Waals surface area contributed by atoms with Crippen LogP contribution < -0.4 is 14.9 Å². The minimum Gasteiger partial charge on any atom is -0.504 e. The molecule has 0 atom stereocenters. The smallest absolute Gasteiger partial charge is 0.277 e. The second-order valence-corrected chi connectivity index (χ2v) is 6.33. The number of hydrogen-bond donors (Lipinski definition) is 2. The van der Waals surface area contributed by atoms with Crippen molar-refractivity contribution in [3.8, 4) is 17.2 Å². The molecular weight excluding hydrogens is 403 g/mol. The Morgan fingerprint density at radius 2 is 1.81 bits per heavy atom. The number of phenolic OH excluding ortho intramolecular Hbond substituents is 1. The van der Waals surface area contributed by atoms with Crippen LogP contribution in [0.2, 0.25) is 15.1 Å². The van der Waals surface area contributed by atoms with Crippen molar-refractivity contribution in [1.82, 2.24) is 5.43 Å². The van der Waals surface area contributed by atoms with E-state index in [0.29, 0.717) is 17.0 Å². The fraction of sp³-hybridized carbons (Fsp3) is 0.176. The molecule has 0 aliphatic heterocycles. The van der Waals surface area contributed by atoms with Gasteiger partial charge in [-0.25, -0.2) is 5.43 Å². The minimum absolute atomic E-state index is 0.0139. The van der Waals surface area contributed by atoms with Gasteiger partial charge in [-0.15, -0.1) is 0 Å². The summed E-state index contributed by atoms with van der Waals surface area (Å²) in [5.74, 6) is 0.0679. The molecule has 9 heteroatoms. The van der Waals surface area contributed by atoms with Gasteiger partial charge in [-0.2, -0.15) is 5.10 Å². The van der Waals surface area contributed by atoms with Gasteiger partial charge < -0.3 is 14.6 Å². The summed E-state index contributed by atoms with van der Waals surface area (Å²) in [5.41, 5.74) is 3.56. The number of rotatable bonds is 6. The molecule has 6 nitrogen and oxygen atoms in total. The van der Waals surface area contributed by atoms with Crippen LogP contribution in [0.25, 0.3) is 0 Å². The van der Waals surface area contributed by atoms with Crippen LogP contribution in [0.4, 0.5) is 0 Å². The van der Waals surface area contributed by atoms with E-state index in [9.17, 15) is 9.90 Å². The first-order valence-electron chi connectivity index (χ1n) is 7.29. The second-order valence-electron chi connectivity index (χ2n) is 5.10. The minimum atomic E-state index is -0.489. The molecule has 2 rings (SSSR count). The quantitative estimate of drug-likeness (QED) is 0.418. The molecule has 0 aliphatic rings. The van der Waals surface area contributed by atoms with Crippen molar-refractivity contribution >= 4 is 46.4 Å². The number of nitrogens with zero attached hydrogens (tertiary/aromatic N) is 1. The molecule has 138 valence electrons. The molecule has 0 aliphatic carbocycles. The Balaban J connectivity index is 1.97. The van der Waals surface area contributed by atoms with Crippen molar-refractivity contribution in [3.05, 3.63) is 51.0 Å². The summed E-state index contributed by atoms with van der Waals surface area (Å²) in [6, 6.07) is 7.58. The molecule has 2 N–H and O–H groups in total. The van der Waals surface area contributed by atoms with E-state index >= 15 is 0 Å². The third kappa shape index (κ3) is 5.17. The van der Waals surface area contributed by atoms with Gasteiger partial charge in [0.25, 0.3) is 5.91 Å². The highest BCUT2D eigenvalue weighted by Crippen LogP contribution is 2.33. The van der Waals surface area contributed by atoms with Crippen molar-refractivity contribution < 1.29 is 19.4 Å². The Morgan fingerprint density at radius 3 is 2.50 bits per heavy atom. The molecule has 0 unspecified atom stereocenters. The van der Waals surface area contributed by atoms with E-state index in [1.807, 2.05) is 0 Å². The number of benzene rings is 2. The Kier molecular flexibility index (Phi) is 6.97. The second kappa shape index (κ2) is 8.98. The predicted molar refractivity (Wildman–Crippen MR) is 102 cm³/mol. The summed E-state index contributed by atoms with van der Waals surface area (Å²) < 4.78 is 10.3. The van der Waals surface area contributed by atoms with Gasteiger partial charge >= 0.3 is 0 Å². The summed E-state index contributed by atoms with van der Waals surface area (Å²) in [5, 5.41) is 14.4. The number of hydrazone groups is 1. The van der Waals surface area contributed by atoms with E-state index in [0.717, 1.165) is 0 Å². The highest BCUT2D eigenvalue weighted by atomic mass is 35.5. The maximum Gasteiger partial charge on any atom is 0.277 e. The van der Waals surface area contributed by atoms with E-state index in [1.54, 1.807) is 19.1 Å². The Morgan fingerprint density at radius 1 is 1.12 bits per heavy atom. The number of halogens is 3. The third-order valence-electron chi connectivity index (χ3n) is 3.28. The van der Waals surface area contributed by atoms with Gasteiger partial charge in [0.2, 0.25) is 0 Å². The van der Waals surface area contributed by atoms with Crippen molar-refractivity contribution in [3.63, 3.8) is 0 Å². The molecule has 0 heterocycles. The molecule has 2 aromatic carbocycles. The topological polar surface area (TPSA) is 80.2 Å². The lowest BCUT2D eigenvalue weighted by Gasteiger charge is -2.09. The van der Waals surface area contributed by atoms with Gasteiger partial charge in [-0.05, 0) is 31.2 Å². The maximum absolute atomic E-state index is 11.9. The lowest BCUT2D eigenvalue weighted by Crippen LogP contribution is -2.25. The van der Waals surface area contributed by atoms with Crippen LogP contribution in [0.5, 0.6) is 17.2 Å². The highest BCUT2D eigenvalue weighted by Gasteiger charge is 2.10. The number of methoxy groups -OCH3 is 1. The van der Waals surface area contributed by atoms with Crippen LogP contribution in [0, 0.1) is 0 Å². The van der Waals surface area contributed by atoms with Crippen molar-refractivity contribution in [1.29, 1.82) is 0 Å². The van der Waals surface area contributed by atoms with Gasteiger partial charge in [-0.1, -0.05) is 34.8 Å². The third-order valence-corrected chi connectivity index (χ3v) is 4.30. The largest absolute Gasteiger partial charge is 0.504 e. The standard InChI is InChI=1S/C17H15Cl3N2O4/c1-9(10-3-4-14(23)16(5-10)25-2)21-22-17(24)8-26-15-7-12(19)11(18)6-13(15)20/h3-7,23H,8H2,1-2H3,(H,22,24). The first-order valence-corrected chi connectivity index (χ1v) is 8.43. The fourth-order valence-corrected chi connectivity index (χ4v) is 2.50. The van der Waals surface area contributed by atoms with E-state index < -0.39 is 5.91 Å². The lowest BCUT2D eigenvalue weighted by molar-refractivity contribution is -0.123. The van der Waals surface area contributed by atoms with Gasteiger partial charge in [-0.3, -0.25) is 4.79 Å². The summed E-state index contributed by atoms with van der Waals surface area (Å²) >= 11 is 17.7. The number of phenols is 1. The number of ether oxygens (including phenoxy) is 2. The van der Waals surface area contributed by atoms with Crippen LogP contribution in [0.1, 0.15) is 12.5 Å². The van der Waals surface area contributed by atoms with Crippen LogP contribution in [0.15, 0.2) is 35.4 Å². The zero-order chi connectivity index (χ0) is 19.3. The summed E-state index contributed by atoms with van der Waals surface area (Å²) in [6.45, 7) is 1.39. The molecule has 0 spiro atoms. The number of amides is 1. The van der Waals surface area contributed by atoms with Crippen LogP contribution in [-0.4, -0.2) is 30.4 Å². The number of carbonyl (C=O) groups excluding carboxylic acids is 1. The maximum atomic E-state index is 11.9. The SMILES string of the molecule is COc1cc(C(C)=NNC(=O)COc2cc(Cl)c(Cl)cc2Cl)ccc1O. The Bertz CT molecular complexity index is 856. The lowest BCUT2D eigenvalue weighted by atomic mass is 10.1. The first-order chi connectivity index (χ1) is 12.3. The van der Waals surface area contributed by atoms with Gasteiger partial charge in [0.15, 0.2) is 18.1 Å². The van der Waals surface area contributed by atoms with E-state index in [2.05, 4.69) is 10.5 Å². The van der Waals surface area contributed by atoms with Crippen molar-refractivity contribution in [2.24, 2.45) is 5.10 Å². The van der Waals surface area contributed by atoms with Gasteiger partial charge in [0.1, 0.15) is 5.75 Å². The first kappa shape index (κ1) is 20.2. The highest BCUT2D eigenvalue weighted by molar-refractivity contribution is 6.43. The number of nitrogens with one attached hydrogen (secondary N) is 1. The summed E-state index contributed by atoms with van der Waals surface area (Å²) in [7, 11) is 1.44. The molecule has 0 saturated heterocycles. The molecule has 0 saturated carbocycles. The number of aromatic hydroxyl groups is 1. The Hall–Kier alpha value is -2.15. The van der Waals surface area contributed by atoms with E-state index in [4.69, 9.17) is 44.3 Å². The number of carbonyl (C=O) groups is 1. The summed E-state index contributed by atoms with van der Waals surface area (Å²) in [4.78, 5) is 11.9. The number of hydrogen-bond acceptors (Lipinski definition) is 5. The monoisotopic (exact) mass is 416 g/mol. The average molecular weight is 418 g/mol. The van der Waals surface area contributed by atoms with E-state index in [1.165, 1.54) is 25.3 Å². The van der Waals surface area contributed by atoms with E-state index in [-0.39, 0.29) is 33.2 Å². The molecule has 0 fully saturated rings. The molecule has 2 aromatic rings. The van der Waals surface area contributed by atoms with Crippen molar-refractivity contribution in [2.75, 3.05) is 13.7 Å². The average Bonchev–Trinajstić information content (AvgIpc) is 2.62. The van der Waals surface area contributed by atoms with Crippen LogP contribution >= 0.6 is 34.8 Å². The van der Waals surface area contributed by atoms with Gasteiger partial charge in [0.05, 0.1) is 27.9 Å². The summed E-state index contributed by atoms with van der Waals surface area (Å²) in [6.07, 6.45) is 0.